The summed E-state index contributed by atoms with van der Waals surface area (Å²) in [5.41, 5.74) is 0. The maximum atomic E-state index is 13.4. The van der Waals surface area contributed by atoms with Gasteiger partial charge in [-0.1, -0.05) is 332 Å². The van der Waals surface area contributed by atoms with Crippen molar-refractivity contribution in [1.29, 1.82) is 0 Å². The number of carbonyl (C=O) groups is 2. The molecule has 0 aromatic rings. The fourth-order valence-electron chi connectivity index (χ4n) is 11.0. The first kappa shape index (κ1) is 78.4. The number of aliphatic hydroxyl groups is 5. The van der Waals surface area contributed by atoms with E-state index >= 15 is 0 Å². The van der Waals surface area contributed by atoms with Crippen LogP contribution in [0, 0.1) is 0 Å². The molecule has 0 saturated carbocycles. The molecule has 0 spiro atoms. The summed E-state index contributed by atoms with van der Waals surface area (Å²) >= 11 is 0. The summed E-state index contributed by atoms with van der Waals surface area (Å²) in [5, 5.41) is 57.1. The molecule has 1 fully saturated rings. The number of esters is 1. The number of allylic oxidation sites excluding steroid dienone is 9. The van der Waals surface area contributed by atoms with Gasteiger partial charge in [0.15, 0.2) is 12.4 Å². The SMILES string of the molecule is CC/C=C/C=C/C=C/C=C\CCCCCCC(O)C(=O)NC(COC1OC(CO)C(O)C(O)C1OC(=O)CCCCCCCCCCCCCCCCCCCCCCCCCCCCC)C(O)/C=C/CCCCCCCCCCCCC. The number of hydrogen-bond donors (Lipinski definition) is 6. The van der Waals surface area contributed by atoms with E-state index in [1.807, 2.05) is 42.5 Å². The van der Waals surface area contributed by atoms with Gasteiger partial charge in [-0.25, -0.2) is 0 Å². The highest BCUT2D eigenvalue weighted by molar-refractivity contribution is 5.80. The lowest BCUT2D eigenvalue weighted by Gasteiger charge is -2.41. The number of nitrogens with one attached hydrogen (secondary N) is 1. The number of ether oxygens (including phenoxy) is 3. The Morgan fingerprint density at radius 3 is 1.30 bits per heavy atom. The van der Waals surface area contributed by atoms with E-state index in [4.69, 9.17) is 14.2 Å². The summed E-state index contributed by atoms with van der Waals surface area (Å²) in [6.45, 7) is 5.67. The van der Waals surface area contributed by atoms with Gasteiger partial charge in [-0.05, 0) is 44.9 Å². The van der Waals surface area contributed by atoms with Crippen LogP contribution >= 0.6 is 0 Å². The monoisotopic (exact) mass is 1170 g/mol. The van der Waals surface area contributed by atoms with Crippen molar-refractivity contribution in [2.45, 2.75) is 372 Å². The second-order valence-corrected chi connectivity index (χ2v) is 24.3. The number of rotatable bonds is 60. The Morgan fingerprint density at radius 1 is 0.482 bits per heavy atom. The lowest BCUT2D eigenvalue weighted by Crippen LogP contribution is -2.61. The third kappa shape index (κ3) is 47.2. The maximum absolute atomic E-state index is 13.4. The Balaban J connectivity index is 2.54. The van der Waals surface area contributed by atoms with E-state index in [9.17, 15) is 35.1 Å². The number of aliphatic hydroxyl groups excluding tert-OH is 5. The zero-order chi connectivity index (χ0) is 60.3. The molecule has 0 bridgehead atoms. The smallest absolute Gasteiger partial charge is 0.306 e. The van der Waals surface area contributed by atoms with Crippen LogP contribution in [0.15, 0.2) is 60.8 Å². The van der Waals surface area contributed by atoms with Gasteiger partial charge in [0.25, 0.3) is 0 Å². The summed E-state index contributed by atoms with van der Waals surface area (Å²) in [6, 6.07) is -1.04. The van der Waals surface area contributed by atoms with Gasteiger partial charge in [-0.15, -0.1) is 0 Å². The molecule has 0 aromatic carbocycles. The second kappa shape index (κ2) is 59.7. The minimum Gasteiger partial charge on any atom is -0.454 e. The fourth-order valence-corrected chi connectivity index (χ4v) is 11.0. The molecule has 1 aliphatic rings. The van der Waals surface area contributed by atoms with Crippen LogP contribution in [-0.2, 0) is 23.8 Å². The average Bonchev–Trinajstić information content (AvgIpc) is 3.51. The molecule has 6 N–H and O–H groups in total. The molecule has 1 heterocycles. The molecule has 0 aliphatic carbocycles. The topological polar surface area (TPSA) is 175 Å². The zero-order valence-corrected chi connectivity index (χ0v) is 53.8. The highest BCUT2D eigenvalue weighted by Gasteiger charge is 2.47. The zero-order valence-electron chi connectivity index (χ0n) is 53.8. The molecule has 11 nitrogen and oxygen atoms in total. The van der Waals surface area contributed by atoms with Crippen molar-refractivity contribution in [1.82, 2.24) is 5.32 Å². The van der Waals surface area contributed by atoms with Crippen LogP contribution in [-0.4, -0.2) is 99.6 Å². The van der Waals surface area contributed by atoms with Gasteiger partial charge >= 0.3 is 5.97 Å². The van der Waals surface area contributed by atoms with E-state index in [1.54, 1.807) is 6.08 Å². The first-order valence-corrected chi connectivity index (χ1v) is 35.1. The number of hydrogen-bond acceptors (Lipinski definition) is 10. The van der Waals surface area contributed by atoms with Crippen molar-refractivity contribution < 1.29 is 49.3 Å². The molecule has 0 radical (unpaired) electrons. The van der Waals surface area contributed by atoms with Gasteiger partial charge in [0.1, 0.15) is 24.4 Å². The number of unbranched alkanes of at least 4 members (excludes halogenated alkanes) is 41. The van der Waals surface area contributed by atoms with Crippen LogP contribution < -0.4 is 5.32 Å². The van der Waals surface area contributed by atoms with Gasteiger partial charge in [0, 0.05) is 6.42 Å². The molecule has 1 rings (SSSR count). The van der Waals surface area contributed by atoms with Crippen LogP contribution in [0.1, 0.15) is 323 Å². The normalized spacial score (nSPS) is 18.9. The molecule has 484 valence electrons. The molecule has 1 amide bonds. The van der Waals surface area contributed by atoms with Crippen LogP contribution in [0.3, 0.4) is 0 Å². The van der Waals surface area contributed by atoms with E-state index in [-0.39, 0.29) is 19.4 Å². The van der Waals surface area contributed by atoms with Gasteiger partial charge in [-0.2, -0.15) is 0 Å². The first-order valence-electron chi connectivity index (χ1n) is 35.1. The summed E-state index contributed by atoms with van der Waals surface area (Å²) in [4.78, 5) is 26.6. The molecule has 11 heteroatoms. The van der Waals surface area contributed by atoms with Gasteiger partial charge in [0.2, 0.25) is 5.91 Å². The summed E-state index contributed by atoms with van der Waals surface area (Å²) in [5.74, 6) is -1.21. The molecule has 0 aromatic heterocycles. The maximum Gasteiger partial charge on any atom is 0.306 e. The third-order valence-corrected chi connectivity index (χ3v) is 16.5. The van der Waals surface area contributed by atoms with Crippen LogP contribution in [0.5, 0.6) is 0 Å². The Morgan fingerprint density at radius 2 is 0.867 bits per heavy atom. The van der Waals surface area contributed by atoms with E-state index < -0.39 is 67.4 Å². The van der Waals surface area contributed by atoms with E-state index in [1.165, 1.54) is 205 Å². The molecular weight excluding hydrogens is 1040 g/mol. The summed E-state index contributed by atoms with van der Waals surface area (Å²) < 4.78 is 17.7. The van der Waals surface area contributed by atoms with Crippen molar-refractivity contribution in [3.8, 4) is 0 Å². The highest BCUT2D eigenvalue weighted by atomic mass is 16.7. The standard InChI is InChI=1S/C72H131NO10/c1-4-7-10-13-16-19-22-25-27-28-29-30-31-32-33-34-35-36-37-38-39-42-45-48-51-54-57-60-67(77)83-70-69(79)68(78)66(61-74)82-72(70)81-62-63(64(75)58-55-52-49-46-43-40-24-21-18-15-12-9-6-3)73-71(80)65(76)59-56-53-50-47-44-41-26-23-20-17-14-11-8-5-2/h8,11,14,17,20,23,26,41,55,58,63-66,68-70,72,74-76,78-79H,4-7,9-10,12-13,15-16,18-19,21-22,24-25,27-40,42-54,56-57,59-62H2,1-3H3,(H,73,80)/b11-8+,17-14+,23-20+,41-26-,58-55+. The Labute approximate surface area is 509 Å². The predicted molar refractivity (Wildman–Crippen MR) is 347 cm³/mol. The number of amides is 1. The van der Waals surface area contributed by atoms with E-state index in [0.29, 0.717) is 12.8 Å². The van der Waals surface area contributed by atoms with Gasteiger partial charge in [0.05, 0.1) is 25.4 Å². The molecule has 8 atom stereocenters. The van der Waals surface area contributed by atoms with Crippen molar-refractivity contribution >= 4 is 11.9 Å². The van der Waals surface area contributed by atoms with Crippen molar-refractivity contribution in [3.63, 3.8) is 0 Å². The third-order valence-electron chi connectivity index (χ3n) is 16.5. The quantitative estimate of drug-likeness (QED) is 0.0149. The molecular formula is C72H131NO10. The van der Waals surface area contributed by atoms with E-state index in [0.717, 1.165) is 70.6 Å². The average molecular weight is 1170 g/mol. The minimum absolute atomic E-state index is 0.123. The Kier molecular flexibility index (Phi) is 56.4. The molecule has 1 aliphatic heterocycles. The number of carbonyl (C=O) groups excluding carboxylic acids is 2. The van der Waals surface area contributed by atoms with Gasteiger partial charge in [-0.3, -0.25) is 9.59 Å². The summed E-state index contributed by atoms with van der Waals surface area (Å²) in [7, 11) is 0. The largest absolute Gasteiger partial charge is 0.454 e. The second-order valence-electron chi connectivity index (χ2n) is 24.3. The van der Waals surface area contributed by atoms with E-state index in [2.05, 4.69) is 38.2 Å². The van der Waals surface area contributed by atoms with Crippen molar-refractivity contribution in [2.75, 3.05) is 13.2 Å². The fraction of sp³-hybridized carbons (Fsp3) is 0.833. The van der Waals surface area contributed by atoms with Crippen molar-refractivity contribution in [2.24, 2.45) is 0 Å². The Hall–Kier alpha value is -2.64. The predicted octanol–water partition coefficient (Wildman–Crippen LogP) is 17.7. The minimum atomic E-state index is -1.62. The lowest BCUT2D eigenvalue weighted by atomic mass is 9.99. The molecule has 83 heavy (non-hydrogen) atoms. The highest BCUT2D eigenvalue weighted by Crippen LogP contribution is 2.26. The van der Waals surface area contributed by atoms with Gasteiger partial charge < -0.3 is 45.1 Å². The summed E-state index contributed by atoms with van der Waals surface area (Å²) in [6.07, 6.45) is 65.7. The molecule has 8 unspecified atom stereocenters. The Bertz CT molecular complexity index is 1580. The first-order chi connectivity index (χ1) is 40.7. The van der Waals surface area contributed by atoms with Crippen molar-refractivity contribution in [3.05, 3.63) is 60.8 Å². The van der Waals surface area contributed by atoms with Crippen LogP contribution in [0.25, 0.3) is 0 Å². The molecule has 1 saturated heterocycles. The van der Waals surface area contributed by atoms with Crippen LogP contribution in [0.4, 0.5) is 0 Å². The van der Waals surface area contributed by atoms with Crippen LogP contribution in [0.2, 0.25) is 0 Å². The lowest BCUT2D eigenvalue weighted by molar-refractivity contribution is -0.305.